The minimum atomic E-state index is 0.427. The van der Waals surface area contributed by atoms with Crippen molar-refractivity contribution in [2.45, 2.75) is 32.7 Å². The first kappa shape index (κ1) is 13.8. The van der Waals surface area contributed by atoms with Gasteiger partial charge in [0, 0.05) is 6.04 Å². The number of aryl methyl sites for hydroxylation is 2. The van der Waals surface area contributed by atoms with Gasteiger partial charge < -0.3 is 5.32 Å². The third-order valence-electron chi connectivity index (χ3n) is 3.51. The Labute approximate surface area is 116 Å². The summed E-state index contributed by atoms with van der Waals surface area (Å²) in [7, 11) is 0. The molecule has 0 bridgehead atoms. The summed E-state index contributed by atoms with van der Waals surface area (Å²) in [4.78, 5) is 0. The molecule has 0 aliphatic heterocycles. The molecule has 0 aliphatic rings. The van der Waals surface area contributed by atoms with E-state index in [1.807, 2.05) is 0 Å². The zero-order valence-corrected chi connectivity index (χ0v) is 11.9. The summed E-state index contributed by atoms with van der Waals surface area (Å²) in [5.74, 6) is 0. The molecule has 0 amide bonds. The van der Waals surface area contributed by atoms with Crippen LogP contribution in [0.15, 0.2) is 54.6 Å². The van der Waals surface area contributed by atoms with Crippen molar-refractivity contribution in [3.8, 4) is 0 Å². The van der Waals surface area contributed by atoms with Crippen LogP contribution in [-0.4, -0.2) is 6.54 Å². The number of hydrogen-bond donors (Lipinski definition) is 1. The fourth-order valence-electron chi connectivity index (χ4n) is 2.23. The first-order chi connectivity index (χ1) is 9.25. The lowest BCUT2D eigenvalue weighted by atomic mass is 10.1. The van der Waals surface area contributed by atoms with E-state index in [2.05, 4.69) is 73.8 Å². The summed E-state index contributed by atoms with van der Waals surface area (Å²) in [6.45, 7) is 5.42. The highest BCUT2D eigenvalue weighted by atomic mass is 14.9. The molecule has 0 radical (unpaired) electrons. The van der Waals surface area contributed by atoms with Crippen molar-refractivity contribution in [2.24, 2.45) is 0 Å². The predicted molar refractivity (Wildman–Crippen MR) is 82.4 cm³/mol. The normalized spacial score (nSPS) is 12.3. The molecule has 19 heavy (non-hydrogen) atoms. The smallest absolute Gasteiger partial charge is 0.0291 e. The van der Waals surface area contributed by atoms with Crippen molar-refractivity contribution >= 4 is 0 Å². The molecule has 0 saturated carbocycles. The molecule has 0 aromatic heterocycles. The molecule has 2 rings (SSSR count). The summed E-state index contributed by atoms with van der Waals surface area (Å²) in [6.07, 6.45) is 2.33. The van der Waals surface area contributed by atoms with E-state index in [0.717, 1.165) is 13.0 Å². The van der Waals surface area contributed by atoms with Gasteiger partial charge in [-0.25, -0.2) is 0 Å². The van der Waals surface area contributed by atoms with Crippen molar-refractivity contribution in [3.63, 3.8) is 0 Å². The molecule has 0 heterocycles. The second-order valence-corrected chi connectivity index (χ2v) is 5.18. The average molecular weight is 253 g/mol. The lowest BCUT2D eigenvalue weighted by Crippen LogP contribution is -2.20. The molecule has 1 atom stereocenters. The Balaban J connectivity index is 1.72. The van der Waals surface area contributed by atoms with Crippen molar-refractivity contribution < 1.29 is 0 Å². The van der Waals surface area contributed by atoms with Gasteiger partial charge in [0.05, 0.1) is 0 Å². The van der Waals surface area contributed by atoms with Crippen LogP contribution in [-0.2, 0) is 6.42 Å². The minimum absolute atomic E-state index is 0.427. The molecule has 1 nitrogen and oxygen atoms in total. The predicted octanol–water partition coefficient (Wildman–Crippen LogP) is 4.28. The van der Waals surface area contributed by atoms with Crippen molar-refractivity contribution in [3.05, 3.63) is 71.3 Å². The monoisotopic (exact) mass is 253 g/mol. The summed E-state index contributed by atoms with van der Waals surface area (Å²) in [5, 5.41) is 3.59. The van der Waals surface area contributed by atoms with E-state index in [9.17, 15) is 0 Å². The van der Waals surface area contributed by atoms with Gasteiger partial charge in [-0.1, -0.05) is 60.2 Å². The topological polar surface area (TPSA) is 12.0 Å². The molecule has 0 saturated heterocycles. The molecule has 0 fully saturated rings. The Morgan fingerprint density at radius 1 is 0.947 bits per heavy atom. The zero-order valence-electron chi connectivity index (χ0n) is 11.9. The number of rotatable bonds is 6. The Morgan fingerprint density at radius 3 is 2.32 bits per heavy atom. The second kappa shape index (κ2) is 7.10. The number of hydrogen-bond acceptors (Lipinski definition) is 1. The van der Waals surface area contributed by atoms with Crippen LogP contribution in [0.25, 0.3) is 0 Å². The Bertz CT molecular complexity index is 473. The molecule has 2 aromatic carbocycles. The molecule has 0 unspecified atom stereocenters. The summed E-state index contributed by atoms with van der Waals surface area (Å²) in [6, 6.07) is 19.9. The molecular formula is C18H23N. The van der Waals surface area contributed by atoms with Gasteiger partial charge in [-0.15, -0.1) is 0 Å². The Kier molecular flexibility index (Phi) is 5.17. The molecule has 2 aromatic rings. The van der Waals surface area contributed by atoms with Gasteiger partial charge in [-0.2, -0.15) is 0 Å². The van der Waals surface area contributed by atoms with Gasteiger partial charge in [0.15, 0.2) is 0 Å². The lowest BCUT2D eigenvalue weighted by molar-refractivity contribution is 0.558. The van der Waals surface area contributed by atoms with Gasteiger partial charge >= 0.3 is 0 Å². The third-order valence-corrected chi connectivity index (χ3v) is 3.51. The fourth-order valence-corrected chi connectivity index (χ4v) is 2.23. The molecule has 0 aliphatic carbocycles. The van der Waals surface area contributed by atoms with E-state index in [-0.39, 0.29) is 0 Å². The van der Waals surface area contributed by atoms with E-state index in [0.29, 0.717) is 6.04 Å². The molecule has 0 spiro atoms. The van der Waals surface area contributed by atoms with Crippen molar-refractivity contribution in [2.75, 3.05) is 6.54 Å². The Hall–Kier alpha value is -1.60. The van der Waals surface area contributed by atoms with Crippen LogP contribution >= 0.6 is 0 Å². The van der Waals surface area contributed by atoms with Crippen LogP contribution < -0.4 is 5.32 Å². The number of nitrogens with one attached hydrogen (secondary N) is 1. The molecule has 1 N–H and O–H groups in total. The van der Waals surface area contributed by atoms with E-state index >= 15 is 0 Å². The lowest BCUT2D eigenvalue weighted by Gasteiger charge is -2.14. The molecular weight excluding hydrogens is 230 g/mol. The maximum absolute atomic E-state index is 3.59. The minimum Gasteiger partial charge on any atom is -0.310 e. The second-order valence-electron chi connectivity index (χ2n) is 5.18. The largest absolute Gasteiger partial charge is 0.310 e. The zero-order chi connectivity index (χ0) is 13.5. The van der Waals surface area contributed by atoms with Gasteiger partial charge in [-0.05, 0) is 44.4 Å². The van der Waals surface area contributed by atoms with Gasteiger partial charge in [0.25, 0.3) is 0 Å². The molecule has 1 heteroatoms. The van der Waals surface area contributed by atoms with Crippen LogP contribution in [0.3, 0.4) is 0 Å². The van der Waals surface area contributed by atoms with Crippen LogP contribution in [0.4, 0.5) is 0 Å². The van der Waals surface area contributed by atoms with Crippen LogP contribution in [0.5, 0.6) is 0 Å². The van der Waals surface area contributed by atoms with E-state index in [4.69, 9.17) is 0 Å². The van der Waals surface area contributed by atoms with Crippen molar-refractivity contribution in [1.82, 2.24) is 5.32 Å². The van der Waals surface area contributed by atoms with E-state index < -0.39 is 0 Å². The maximum atomic E-state index is 3.59. The first-order valence-corrected chi connectivity index (χ1v) is 7.09. The summed E-state index contributed by atoms with van der Waals surface area (Å²) in [5.41, 5.74) is 4.11. The highest BCUT2D eigenvalue weighted by Gasteiger charge is 2.03. The van der Waals surface area contributed by atoms with Crippen LogP contribution in [0.1, 0.15) is 36.1 Å². The van der Waals surface area contributed by atoms with Gasteiger partial charge in [-0.3, -0.25) is 0 Å². The Morgan fingerprint density at radius 2 is 1.63 bits per heavy atom. The van der Waals surface area contributed by atoms with Gasteiger partial charge in [0.1, 0.15) is 0 Å². The van der Waals surface area contributed by atoms with E-state index in [1.54, 1.807) is 0 Å². The average Bonchev–Trinajstić information content (AvgIpc) is 2.45. The SMILES string of the molecule is Cc1ccc([C@@H](C)NCCCc2ccccc2)cc1. The van der Waals surface area contributed by atoms with Crippen molar-refractivity contribution in [1.29, 1.82) is 0 Å². The fraction of sp³-hybridized carbons (Fsp3) is 0.333. The quantitative estimate of drug-likeness (QED) is 0.758. The standard InChI is InChI=1S/C18H23N/c1-15-10-12-18(13-11-15)16(2)19-14-6-9-17-7-4-3-5-8-17/h3-5,7-8,10-13,16,19H,6,9,14H2,1-2H3/t16-/m1/s1. The maximum Gasteiger partial charge on any atom is 0.0291 e. The highest BCUT2D eigenvalue weighted by Crippen LogP contribution is 2.13. The molecule has 100 valence electrons. The van der Waals surface area contributed by atoms with E-state index in [1.165, 1.54) is 23.1 Å². The third kappa shape index (κ3) is 4.53. The summed E-state index contributed by atoms with van der Waals surface area (Å²) >= 11 is 0. The van der Waals surface area contributed by atoms with Crippen LogP contribution in [0, 0.1) is 6.92 Å². The first-order valence-electron chi connectivity index (χ1n) is 7.09. The summed E-state index contributed by atoms with van der Waals surface area (Å²) < 4.78 is 0. The van der Waals surface area contributed by atoms with Gasteiger partial charge in [0.2, 0.25) is 0 Å². The number of benzene rings is 2. The van der Waals surface area contributed by atoms with Crippen LogP contribution in [0.2, 0.25) is 0 Å². The highest BCUT2D eigenvalue weighted by molar-refractivity contribution is 5.23.